The van der Waals surface area contributed by atoms with Gasteiger partial charge in [-0.3, -0.25) is 14.4 Å². The van der Waals surface area contributed by atoms with Crippen LogP contribution in [0.4, 0.5) is 0 Å². The number of aromatic nitrogens is 4. The lowest BCUT2D eigenvalue weighted by Crippen LogP contribution is -2.49. The zero-order valence-corrected chi connectivity index (χ0v) is 27.1. The Bertz CT molecular complexity index is 1590. The molecule has 0 bridgehead atoms. The standard InChI is InChI=1S/C35H43N9O3/c1-37-32(46)25-12-14-28-23(17-25)10-11-24-18-26(33(47)38-2)13-15-29(24)35(28,34-40-42-43-41-34)19-30(22-7-4-3-5-8-22)39-21-31(45)44-16-6-9-27(44)20-36/h12-15,17-18,22,27,30,39H,3-11,16,19,21H2,1-2H3,(H,37,46)(H,38,47)(H,40,41,42,43)/t27?,30-/m0/s1. The minimum atomic E-state index is -0.881. The monoisotopic (exact) mass is 637 g/mol. The van der Waals surface area contributed by atoms with E-state index >= 15 is 0 Å². The van der Waals surface area contributed by atoms with Crippen molar-refractivity contribution in [3.63, 3.8) is 0 Å². The second kappa shape index (κ2) is 14.0. The van der Waals surface area contributed by atoms with Crippen LogP contribution in [0.25, 0.3) is 0 Å². The molecule has 1 aliphatic heterocycles. The molecule has 1 unspecified atom stereocenters. The van der Waals surface area contributed by atoms with Gasteiger partial charge in [0.05, 0.1) is 18.0 Å². The van der Waals surface area contributed by atoms with Gasteiger partial charge in [-0.05, 0) is 108 Å². The second-order valence-corrected chi connectivity index (χ2v) is 13.0. The van der Waals surface area contributed by atoms with E-state index in [-0.39, 0.29) is 36.3 Å². The van der Waals surface area contributed by atoms with E-state index in [1.165, 1.54) is 6.42 Å². The Morgan fingerprint density at radius 1 is 0.957 bits per heavy atom. The zero-order chi connectivity index (χ0) is 33.0. The number of benzene rings is 2. The molecular weight excluding hydrogens is 594 g/mol. The summed E-state index contributed by atoms with van der Waals surface area (Å²) in [5.41, 5.74) is 4.26. The van der Waals surface area contributed by atoms with E-state index in [1.54, 1.807) is 19.0 Å². The minimum absolute atomic E-state index is 0.0580. The van der Waals surface area contributed by atoms with Gasteiger partial charge in [0.2, 0.25) is 5.91 Å². The van der Waals surface area contributed by atoms with Crippen molar-refractivity contribution in [2.45, 2.75) is 81.7 Å². The number of nitrogens with zero attached hydrogens (tertiary/aromatic N) is 5. The molecule has 2 atom stereocenters. The number of aryl methyl sites for hydroxylation is 2. The maximum atomic E-state index is 13.5. The fourth-order valence-corrected chi connectivity index (χ4v) is 8.12. The second-order valence-electron chi connectivity index (χ2n) is 13.0. The van der Waals surface area contributed by atoms with Crippen LogP contribution >= 0.6 is 0 Å². The molecule has 2 fully saturated rings. The predicted molar refractivity (Wildman–Crippen MR) is 174 cm³/mol. The summed E-state index contributed by atoms with van der Waals surface area (Å²) < 4.78 is 0. The third-order valence-corrected chi connectivity index (χ3v) is 10.5. The first kappa shape index (κ1) is 32.3. The van der Waals surface area contributed by atoms with E-state index in [0.29, 0.717) is 55.1 Å². The summed E-state index contributed by atoms with van der Waals surface area (Å²) in [6.45, 7) is 0.734. The normalized spacial score (nSPS) is 19.5. The number of tetrazole rings is 1. The fraction of sp³-hybridized carbons (Fsp3) is 0.514. The molecule has 246 valence electrons. The van der Waals surface area contributed by atoms with E-state index in [4.69, 9.17) is 0 Å². The Balaban J connectivity index is 1.49. The summed E-state index contributed by atoms with van der Waals surface area (Å²) in [6, 6.07) is 13.5. The van der Waals surface area contributed by atoms with Gasteiger partial charge in [0.15, 0.2) is 5.82 Å². The summed E-state index contributed by atoms with van der Waals surface area (Å²) in [5, 5.41) is 34.6. The number of H-pyrrole nitrogens is 1. The Labute approximate surface area is 275 Å². The Morgan fingerprint density at radius 3 is 2.15 bits per heavy atom. The van der Waals surface area contributed by atoms with Crippen LogP contribution in [0.2, 0.25) is 0 Å². The van der Waals surface area contributed by atoms with Gasteiger partial charge in [0, 0.05) is 37.8 Å². The van der Waals surface area contributed by atoms with Crippen LogP contribution in [-0.4, -0.2) is 82.5 Å². The predicted octanol–water partition coefficient (Wildman–Crippen LogP) is 2.80. The molecule has 2 heterocycles. The molecule has 0 spiro atoms. The smallest absolute Gasteiger partial charge is 0.251 e. The van der Waals surface area contributed by atoms with Crippen LogP contribution in [-0.2, 0) is 23.1 Å². The fourth-order valence-electron chi connectivity index (χ4n) is 8.12. The number of aromatic amines is 1. The van der Waals surface area contributed by atoms with Crippen LogP contribution in [0.3, 0.4) is 0 Å². The van der Waals surface area contributed by atoms with Crippen LogP contribution < -0.4 is 16.0 Å². The molecule has 0 radical (unpaired) electrons. The third kappa shape index (κ3) is 6.24. The summed E-state index contributed by atoms with van der Waals surface area (Å²) in [7, 11) is 3.24. The number of hydrogen-bond donors (Lipinski definition) is 4. The van der Waals surface area contributed by atoms with Crippen molar-refractivity contribution in [2.75, 3.05) is 27.2 Å². The van der Waals surface area contributed by atoms with Crippen LogP contribution in [0, 0.1) is 17.2 Å². The highest BCUT2D eigenvalue weighted by atomic mass is 16.2. The molecule has 12 heteroatoms. The zero-order valence-electron chi connectivity index (χ0n) is 27.1. The molecule has 1 saturated carbocycles. The highest BCUT2D eigenvalue weighted by Gasteiger charge is 2.47. The number of carbonyl (C=O) groups excluding carboxylic acids is 3. The summed E-state index contributed by atoms with van der Waals surface area (Å²) in [4.78, 5) is 40.8. The molecule has 1 aromatic heterocycles. The van der Waals surface area contributed by atoms with E-state index in [2.05, 4.69) is 42.6 Å². The lowest BCUT2D eigenvalue weighted by molar-refractivity contribution is -0.130. The number of hydrogen-bond acceptors (Lipinski definition) is 8. The molecule has 2 aromatic carbocycles. The van der Waals surface area contributed by atoms with Crippen molar-refractivity contribution in [1.82, 2.24) is 41.5 Å². The molecule has 1 saturated heterocycles. The quantitative estimate of drug-likeness (QED) is 0.278. The average molecular weight is 638 g/mol. The molecule has 4 N–H and O–H groups in total. The van der Waals surface area contributed by atoms with Crippen molar-refractivity contribution < 1.29 is 14.4 Å². The molecule has 3 amide bonds. The van der Waals surface area contributed by atoms with E-state index < -0.39 is 5.41 Å². The number of fused-ring (bicyclic) bond motifs is 2. The number of carbonyl (C=O) groups is 3. The van der Waals surface area contributed by atoms with Crippen molar-refractivity contribution in [3.8, 4) is 6.07 Å². The van der Waals surface area contributed by atoms with Crippen LogP contribution in [0.1, 0.15) is 100 Å². The lowest BCUT2D eigenvalue weighted by atomic mass is 9.65. The van der Waals surface area contributed by atoms with Crippen LogP contribution in [0.15, 0.2) is 36.4 Å². The Morgan fingerprint density at radius 2 is 1.60 bits per heavy atom. The van der Waals surface area contributed by atoms with Crippen molar-refractivity contribution in [3.05, 3.63) is 75.6 Å². The summed E-state index contributed by atoms with van der Waals surface area (Å²) in [6.07, 6.45) is 8.88. The Kier molecular flexibility index (Phi) is 9.63. The van der Waals surface area contributed by atoms with Crippen molar-refractivity contribution in [2.24, 2.45) is 5.92 Å². The average Bonchev–Trinajstić information content (AvgIpc) is 3.82. The maximum Gasteiger partial charge on any atom is 0.251 e. The number of rotatable bonds is 9. The SMILES string of the molecule is CNC(=O)c1ccc2c(c1)CCc1cc(C(=O)NC)ccc1C2(C[C@H](NCC(=O)N1CCCC1C#N)C1CCCCC1)c1nnn[nH]1. The van der Waals surface area contributed by atoms with Gasteiger partial charge in [0.25, 0.3) is 11.8 Å². The Hall–Kier alpha value is -4.63. The van der Waals surface area contributed by atoms with E-state index in [1.807, 2.05) is 36.4 Å². The molecule has 6 rings (SSSR count). The topological polar surface area (TPSA) is 169 Å². The molecule has 12 nitrogen and oxygen atoms in total. The maximum absolute atomic E-state index is 13.5. The van der Waals surface area contributed by atoms with Crippen LogP contribution in [0.5, 0.6) is 0 Å². The first-order chi connectivity index (χ1) is 22.9. The summed E-state index contributed by atoms with van der Waals surface area (Å²) in [5.74, 6) is 0.486. The van der Waals surface area contributed by atoms with Gasteiger partial charge in [-0.2, -0.15) is 5.26 Å². The van der Waals surface area contributed by atoms with Gasteiger partial charge in [-0.1, -0.05) is 31.4 Å². The van der Waals surface area contributed by atoms with E-state index in [0.717, 1.165) is 54.4 Å². The van der Waals surface area contributed by atoms with E-state index in [9.17, 15) is 19.6 Å². The number of nitriles is 1. The minimum Gasteiger partial charge on any atom is -0.355 e. The van der Waals surface area contributed by atoms with Crippen molar-refractivity contribution >= 4 is 17.7 Å². The largest absolute Gasteiger partial charge is 0.355 e. The van der Waals surface area contributed by atoms with Gasteiger partial charge >= 0.3 is 0 Å². The molecular formula is C35H43N9O3. The molecule has 3 aromatic rings. The van der Waals surface area contributed by atoms with Gasteiger partial charge in [-0.25, -0.2) is 5.10 Å². The number of likely N-dealkylation sites (tertiary alicyclic amines) is 1. The summed E-state index contributed by atoms with van der Waals surface area (Å²) >= 11 is 0. The van der Waals surface area contributed by atoms with Gasteiger partial charge < -0.3 is 20.9 Å². The first-order valence-corrected chi connectivity index (χ1v) is 16.8. The molecule has 47 heavy (non-hydrogen) atoms. The highest BCUT2D eigenvalue weighted by molar-refractivity contribution is 5.95. The van der Waals surface area contributed by atoms with Crippen molar-refractivity contribution in [1.29, 1.82) is 5.26 Å². The lowest BCUT2D eigenvalue weighted by Gasteiger charge is -2.41. The van der Waals surface area contributed by atoms with Gasteiger partial charge in [-0.15, -0.1) is 5.10 Å². The molecule has 2 aliphatic carbocycles. The van der Waals surface area contributed by atoms with Gasteiger partial charge in [0.1, 0.15) is 6.04 Å². The molecule has 3 aliphatic rings. The number of nitrogens with one attached hydrogen (secondary N) is 4. The first-order valence-electron chi connectivity index (χ1n) is 16.8. The number of amides is 3. The highest BCUT2D eigenvalue weighted by Crippen LogP contribution is 2.48. The third-order valence-electron chi connectivity index (χ3n) is 10.5.